The van der Waals surface area contributed by atoms with Crippen LogP contribution in [0.2, 0.25) is 0 Å². The molecular weight excluding hydrogens is 366 g/mol. The Morgan fingerprint density at radius 3 is 2.89 bits per heavy atom. The van der Waals surface area contributed by atoms with Crippen molar-refractivity contribution >= 4 is 34.3 Å². The van der Waals surface area contributed by atoms with Gasteiger partial charge in [-0.3, -0.25) is 4.90 Å². The van der Waals surface area contributed by atoms with Crippen LogP contribution in [0.1, 0.15) is 11.3 Å². The number of nitrogens with zero attached hydrogens (tertiary/aromatic N) is 6. The van der Waals surface area contributed by atoms with Crippen LogP contribution in [0.5, 0.6) is 0 Å². The SMILES string of the molecule is COCCNc1nc2nonc2nc1N1CCCN(Cc2cccs2)CC1. The Morgan fingerprint density at radius 2 is 2.07 bits per heavy atom. The fourth-order valence-corrected chi connectivity index (χ4v) is 3.95. The van der Waals surface area contributed by atoms with E-state index in [9.17, 15) is 0 Å². The van der Waals surface area contributed by atoms with Gasteiger partial charge in [0.1, 0.15) is 0 Å². The molecule has 0 amide bonds. The molecule has 0 spiro atoms. The van der Waals surface area contributed by atoms with Gasteiger partial charge in [0.2, 0.25) is 11.3 Å². The summed E-state index contributed by atoms with van der Waals surface area (Å²) in [7, 11) is 1.68. The van der Waals surface area contributed by atoms with Gasteiger partial charge >= 0.3 is 0 Å². The van der Waals surface area contributed by atoms with Crippen LogP contribution in [0.15, 0.2) is 22.1 Å². The highest BCUT2D eigenvalue weighted by Gasteiger charge is 2.21. The first-order valence-corrected chi connectivity index (χ1v) is 9.94. The summed E-state index contributed by atoms with van der Waals surface area (Å²) in [5.74, 6) is 1.49. The first-order chi connectivity index (χ1) is 13.3. The van der Waals surface area contributed by atoms with Gasteiger partial charge in [0.05, 0.1) is 6.61 Å². The summed E-state index contributed by atoms with van der Waals surface area (Å²) in [6.07, 6.45) is 1.07. The zero-order valence-corrected chi connectivity index (χ0v) is 16.1. The highest BCUT2D eigenvalue weighted by Crippen LogP contribution is 2.25. The number of anilines is 2. The maximum Gasteiger partial charge on any atom is 0.245 e. The summed E-state index contributed by atoms with van der Waals surface area (Å²) in [6.45, 7) is 6.09. The van der Waals surface area contributed by atoms with Crippen molar-refractivity contribution < 1.29 is 9.37 Å². The molecule has 9 nitrogen and oxygen atoms in total. The quantitative estimate of drug-likeness (QED) is 0.608. The van der Waals surface area contributed by atoms with Crippen molar-refractivity contribution in [2.45, 2.75) is 13.0 Å². The van der Waals surface area contributed by atoms with Gasteiger partial charge in [0.25, 0.3) is 0 Å². The van der Waals surface area contributed by atoms with Gasteiger partial charge in [-0.15, -0.1) is 11.3 Å². The Morgan fingerprint density at radius 1 is 1.19 bits per heavy atom. The molecule has 0 bridgehead atoms. The summed E-state index contributed by atoms with van der Waals surface area (Å²) in [6, 6.07) is 4.31. The first kappa shape index (κ1) is 18.1. The number of ether oxygens (including phenoxy) is 1. The molecule has 1 aliphatic rings. The van der Waals surface area contributed by atoms with Crippen molar-refractivity contribution in [3.8, 4) is 0 Å². The molecule has 3 aromatic heterocycles. The molecular formula is C17H23N7O2S. The number of rotatable bonds is 7. The van der Waals surface area contributed by atoms with Gasteiger partial charge in [-0.25, -0.2) is 14.6 Å². The van der Waals surface area contributed by atoms with Gasteiger partial charge in [-0.05, 0) is 28.2 Å². The van der Waals surface area contributed by atoms with Crippen LogP contribution < -0.4 is 10.2 Å². The lowest BCUT2D eigenvalue weighted by atomic mass is 10.3. The molecule has 1 saturated heterocycles. The average Bonchev–Trinajstić information content (AvgIpc) is 3.29. The molecule has 4 heterocycles. The van der Waals surface area contributed by atoms with E-state index >= 15 is 0 Å². The van der Waals surface area contributed by atoms with E-state index in [0.717, 1.165) is 45.0 Å². The number of hydrogen-bond donors (Lipinski definition) is 1. The number of thiophene rings is 1. The maximum atomic E-state index is 5.13. The Bertz CT molecular complexity index is 854. The average molecular weight is 389 g/mol. The molecule has 1 fully saturated rings. The Labute approximate surface area is 161 Å². The van der Waals surface area contributed by atoms with Crippen LogP contribution in [-0.4, -0.2) is 71.6 Å². The van der Waals surface area contributed by atoms with Crippen LogP contribution in [0.3, 0.4) is 0 Å². The van der Waals surface area contributed by atoms with Gasteiger partial charge < -0.3 is 15.0 Å². The highest BCUT2D eigenvalue weighted by molar-refractivity contribution is 7.09. The van der Waals surface area contributed by atoms with Crippen molar-refractivity contribution in [2.75, 3.05) is 56.7 Å². The number of nitrogens with one attached hydrogen (secondary N) is 1. The fraction of sp³-hybridized carbons (Fsp3) is 0.529. The zero-order chi connectivity index (χ0) is 18.5. The second-order valence-electron chi connectivity index (χ2n) is 6.42. The van der Waals surface area contributed by atoms with Gasteiger partial charge in [-0.1, -0.05) is 6.07 Å². The van der Waals surface area contributed by atoms with E-state index in [1.807, 2.05) is 11.3 Å². The molecule has 0 radical (unpaired) electrons. The lowest BCUT2D eigenvalue weighted by molar-refractivity contribution is 0.210. The number of hydrogen-bond acceptors (Lipinski definition) is 10. The van der Waals surface area contributed by atoms with Gasteiger partial charge in [0, 0.05) is 51.3 Å². The molecule has 1 aliphatic heterocycles. The van der Waals surface area contributed by atoms with E-state index in [-0.39, 0.29) is 0 Å². The Hall–Kier alpha value is -2.30. The fourth-order valence-electron chi connectivity index (χ4n) is 3.20. The third kappa shape index (κ3) is 4.34. The zero-order valence-electron chi connectivity index (χ0n) is 15.3. The van der Waals surface area contributed by atoms with E-state index in [2.05, 4.69) is 52.9 Å². The molecule has 0 saturated carbocycles. The van der Waals surface area contributed by atoms with Crippen LogP contribution in [0.25, 0.3) is 11.3 Å². The molecule has 27 heavy (non-hydrogen) atoms. The smallest absolute Gasteiger partial charge is 0.245 e. The molecule has 1 N–H and O–H groups in total. The monoisotopic (exact) mass is 389 g/mol. The van der Waals surface area contributed by atoms with Crippen LogP contribution in [0, 0.1) is 0 Å². The van der Waals surface area contributed by atoms with E-state index < -0.39 is 0 Å². The second-order valence-corrected chi connectivity index (χ2v) is 7.46. The number of fused-ring (bicyclic) bond motifs is 1. The van der Waals surface area contributed by atoms with Crippen LogP contribution in [-0.2, 0) is 11.3 Å². The summed E-state index contributed by atoms with van der Waals surface area (Å²) < 4.78 is 9.91. The van der Waals surface area contributed by atoms with Crippen molar-refractivity contribution in [1.29, 1.82) is 0 Å². The van der Waals surface area contributed by atoms with Crippen LogP contribution >= 0.6 is 11.3 Å². The predicted molar refractivity (Wildman–Crippen MR) is 104 cm³/mol. The number of methoxy groups -OCH3 is 1. The third-order valence-electron chi connectivity index (χ3n) is 4.54. The summed E-state index contributed by atoms with van der Waals surface area (Å²) in [5.41, 5.74) is 0.842. The topological polar surface area (TPSA) is 92.4 Å². The van der Waals surface area contributed by atoms with E-state index in [4.69, 9.17) is 9.37 Å². The molecule has 0 unspecified atom stereocenters. The lowest BCUT2D eigenvalue weighted by Crippen LogP contribution is -2.31. The van der Waals surface area contributed by atoms with E-state index in [1.54, 1.807) is 7.11 Å². The Balaban J connectivity index is 1.50. The highest BCUT2D eigenvalue weighted by atomic mass is 32.1. The normalized spacial score (nSPS) is 16.0. The van der Waals surface area contributed by atoms with E-state index in [0.29, 0.717) is 30.3 Å². The minimum Gasteiger partial charge on any atom is -0.383 e. The van der Waals surface area contributed by atoms with E-state index in [1.165, 1.54) is 4.88 Å². The second kappa shape index (κ2) is 8.59. The molecule has 144 valence electrons. The summed E-state index contributed by atoms with van der Waals surface area (Å²) >= 11 is 1.81. The molecule has 0 aromatic carbocycles. The minimum absolute atomic E-state index is 0.410. The third-order valence-corrected chi connectivity index (χ3v) is 5.40. The molecule has 4 rings (SSSR count). The minimum atomic E-state index is 0.410. The largest absolute Gasteiger partial charge is 0.383 e. The Kier molecular flexibility index (Phi) is 5.75. The first-order valence-electron chi connectivity index (χ1n) is 9.06. The van der Waals surface area contributed by atoms with Gasteiger partial charge in [0.15, 0.2) is 11.6 Å². The number of aromatic nitrogens is 4. The molecule has 0 aliphatic carbocycles. The van der Waals surface area contributed by atoms with Crippen molar-refractivity contribution in [3.63, 3.8) is 0 Å². The van der Waals surface area contributed by atoms with Crippen molar-refractivity contribution in [3.05, 3.63) is 22.4 Å². The predicted octanol–water partition coefficient (Wildman–Crippen LogP) is 1.84. The summed E-state index contributed by atoms with van der Waals surface area (Å²) in [4.78, 5) is 15.4. The summed E-state index contributed by atoms with van der Waals surface area (Å²) in [5, 5.41) is 13.1. The molecule has 3 aromatic rings. The maximum absolute atomic E-state index is 5.13. The van der Waals surface area contributed by atoms with Crippen LogP contribution in [0.4, 0.5) is 11.6 Å². The standard InChI is InChI=1S/C17H23N7O2S/c1-25-10-5-18-16-17(20-15-14(19-16)21-26-22-15)24-7-3-6-23(8-9-24)12-13-4-2-11-27-13/h2,4,11H,3,5-10,12H2,1H3,(H,18,19,21). The molecule has 10 heteroatoms. The van der Waals surface area contributed by atoms with Crippen molar-refractivity contribution in [1.82, 2.24) is 25.2 Å². The van der Waals surface area contributed by atoms with Gasteiger partial charge in [-0.2, -0.15) is 0 Å². The van der Waals surface area contributed by atoms with Crippen molar-refractivity contribution in [2.24, 2.45) is 0 Å². The molecule has 0 atom stereocenters. The lowest BCUT2D eigenvalue weighted by Gasteiger charge is -2.24.